The first-order valence-electron chi connectivity index (χ1n) is 12.1. The van der Waals surface area contributed by atoms with Crippen LogP contribution in [-0.4, -0.2) is 19.6 Å². The lowest BCUT2D eigenvalue weighted by Gasteiger charge is -2.26. The molecule has 1 atom stereocenters. The van der Waals surface area contributed by atoms with Crippen molar-refractivity contribution in [2.75, 3.05) is 18.6 Å². The summed E-state index contributed by atoms with van der Waals surface area (Å²) in [5.74, 6) is -0.123. The average molecular weight is 522 g/mol. The van der Waals surface area contributed by atoms with Crippen molar-refractivity contribution in [2.45, 2.75) is 32.2 Å². The Balaban J connectivity index is 1.68. The van der Waals surface area contributed by atoms with Crippen molar-refractivity contribution < 1.29 is 23.1 Å². The third-order valence-electron chi connectivity index (χ3n) is 6.43. The van der Waals surface area contributed by atoms with Crippen LogP contribution in [0.3, 0.4) is 0 Å². The van der Waals surface area contributed by atoms with Gasteiger partial charge in [0, 0.05) is 10.7 Å². The van der Waals surface area contributed by atoms with E-state index in [9.17, 15) is 14.0 Å². The molecule has 0 saturated heterocycles. The van der Waals surface area contributed by atoms with Crippen molar-refractivity contribution in [3.05, 3.63) is 98.6 Å². The number of rotatable bonds is 8. The minimum atomic E-state index is -0.854. The highest BCUT2D eigenvalue weighted by Gasteiger charge is 2.44. The maximum atomic E-state index is 14.0. The minimum Gasteiger partial charge on any atom is -0.493 e. The van der Waals surface area contributed by atoms with Gasteiger partial charge in [0.15, 0.2) is 16.9 Å². The minimum absolute atomic E-state index is 0.0623. The van der Waals surface area contributed by atoms with Crippen molar-refractivity contribution in [2.24, 2.45) is 0 Å². The lowest BCUT2D eigenvalue weighted by Crippen LogP contribution is -2.29. The third kappa shape index (κ3) is 4.55. The second kappa shape index (κ2) is 10.3. The van der Waals surface area contributed by atoms with Gasteiger partial charge in [-0.1, -0.05) is 43.5 Å². The van der Waals surface area contributed by atoms with Gasteiger partial charge in [-0.25, -0.2) is 4.39 Å². The second-order valence-electron chi connectivity index (χ2n) is 8.84. The van der Waals surface area contributed by atoms with Crippen molar-refractivity contribution >= 4 is 34.2 Å². The van der Waals surface area contributed by atoms with Crippen LogP contribution in [0.1, 0.15) is 53.9 Å². The number of carbonyl (C=O) groups excluding carboxylic acids is 1. The second-order valence-corrected chi connectivity index (χ2v) is 9.27. The fraction of sp³-hybridized carbons (Fsp3) is 0.241. The molecule has 5 rings (SSSR count). The summed E-state index contributed by atoms with van der Waals surface area (Å²) in [6.07, 6.45) is 3.05. The van der Waals surface area contributed by atoms with Crippen LogP contribution in [-0.2, 0) is 0 Å². The zero-order chi connectivity index (χ0) is 26.1. The van der Waals surface area contributed by atoms with Crippen LogP contribution < -0.4 is 19.8 Å². The van der Waals surface area contributed by atoms with E-state index in [0.717, 1.165) is 25.3 Å². The fourth-order valence-corrected chi connectivity index (χ4v) is 4.84. The average Bonchev–Trinajstić information content (AvgIpc) is 3.19. The molecule has 3 aromatic carbocycles. The van der Waals surface area contributed by atoms with Gasteiger partial charge in [0.25, 0.3) is 5.91 Å². The summed E-state index contributed by atoms with van der Waals surface area (Å²) in [7, 11) is 1.53. The van der Waals surface area contributed by atoms with Crippen LogP contribution in [0.2, 0.25) is 5.02 Å². The molecule has 1 aromatic heterocycles. The molecule has 0 saturated carbocycles. The van der Waals surface area contributed by atoms with Crippen molar-refractivity contribution in [1.82, 2.24) is 0 Å². The number of hydrogen-bond donors (Lipinski definition) is 0. The molecular weight excluding hydrogens is 497 g/mol. The first-order chi connectivity index (χ1) is 17.9. The van der Waals surface area contributed by atoms with Gasteiger partial charge in [-0.3, -0.25) is 14.5 Å². The Kier molecular flexibility index (Phi) is 6.89. The van der Waals surface area contributed by atoms with E-state index >= 15 is 0 Å². The summed E-state index contributed by atoms with van der Waals surface area (Å²) >= 11 is 6.25. The Hall–Kier alpha value is -3.84. The summed E-state index contributed by atoms with van der Waals surface area (Å²) in [6, 6.07) is 14.9. The van der Waals surface area contributed by atoms with Crippen LogP contribution in [0, 0.1) is 5.82 Å². The molecule has 0 N–H and O–H groups in total. The first-order valence-corrected chi connectivity index (χ1v) is 12.5. The van der Waals surface area contributed by atoms with Crippen LogP contribution >= 0.6 is 11.6 Å². The Morgan fingerprint density at radius 3 is 2.62 bits per heavy atom. The zero-order valence-electron chi connectivity index (χ0n) is 20.4. The molecule has 2 heterocycles. The highest BCUT2D eigenvalue weighted by atomic mass is 35.5. The maximum Gasteiger partial charge on any atom is 0.295 e. The van der Waals surface area contributed by atoms with Gasteiger partial charge in [-0.15, -0.1) is 0 Å². The first kappa shape index (κ1) is 24.8. The van der Waals surface area contributed by atoms with E-state index in [2.05, 4.69) is 6.92 Å². The molecule has 0 aliphatic carbocycles. The normalized spacial score (nSPS) is 14.8. The molecule has 0 radical (unpaired) electrons. The highest BCUT2D eigenvalue weighted by molar-refractivity contribution is 6.31. The smallest absolute Gasteiger partial charge is 0.295 e. The number of ether oxygens (including phenoxy) is 2. The largest absolute Gasteiger partial charge is 0.493 e. The van der Waals surface area contributed by atoms with Gasteiger partial charge < -0.3 is 13.9 Å². The Morgan fingerprint density at radius 2 is 1.86 bits per heavy atom. The van der Waals surface area contributed by atoms with Crippen LogP contribution in [0.15, 0.2) is 69.9 Å². The molecule has 0 bridgehead atoms. The predicted molar refractivity (Wildman–Crippen MR) is 141 cm³/mol. The monoisotopic (exact) mass is 521 g/mol. The van der Waals surface area contributed by atoms with Gasteiger partial charge >= 0.3 is 0 Å². The van der Waals surface area contributed by atoms with E-state index < -0.39 is 23.2 Å². The Bertz CT molecular complexity index is 1550. The third-order valence-corrected chi connectivity index (χ3v) is 6.66. The summed E-state index contributed by atoms with van der Waals surface area (Å²) in [5.41, 5.74) is 0.883. The molecule has 0 fully saturated rings. The number of carbonyl (C=O) groups is 1. The van der Waals surface area contributed by atoms with E-state index in [0.29, 0.717) is 34.4 Å². The molecule has 8 heteroatoms. The van der Waals surface area contributed by atoms with E-state index in [1.54, 1.807) is 42.5 Å². The number of benzene rings is 3. The lowest BCUT2D eigenvalue weighted by atomic mass is 9.97. The number of halogens is 2. The number of hydrogen-bond acceptors (Lipinski definition) is 5. The summed E-state index contributed by atoms with van der Waals surface area (Å²) in [5, 5.41) is 0.493. The molecular formula is C29H25ClFNO5. The number of nitrogens with zero attached hydrogens (tertiary/aromatic N) is 1. The van der Waals surface area contributed by atoms with E-state index in [4.69, 9.17) is 25.5 Å². The molecule has 0 spiro atoms. The SMILES string of the molecule is CCCCCOc1ccc(C2c3c(oc4ccc(F)cc4c3=O)C(=O)N2c2cccc(Cl)c2)cc1OC. The topological polar surface area (TPSA) is 69.0 Å². The van der Waals surface area contributed by atoms with Gasteiger partial charge in [0.1, 0.15) is 11.4 Å². The summed E-state index contributed by atoms with van der Waals surface area (Å²) < 4.78 is 31.4. The van der Waals surface area contributed by atoms with Gasteiger partial charge in [-0.05, 0) is 60.5 Å². The maximum absolute atomic E-state index is 14.0. The summed E-state index contributed by atoms with van der Waals surface area (Å²) in [6.45, 7) is 2.67. The van der Waals surface area contributed by atoms with Crippen LogP contribution in [0.25, 0.3) is 11.0 Å². The molecule has 1 amide bonds. The number of unbranched alkanes of at least 4 members (excludes halogenated alkanes) is 2. The van der Waals surface area contributed by atoms with Crippen LogP contribution in [0.5, 0.6) is 11.5 Å². The van der Waals surface area contributed by atoms with E-state index in [-0.39, 0.29) is 22.3 Å². The zero-order valence-corrected chi connectivity index (χ0v) is 21.2. The molecule has 4 aromatic rings. The highest BCUT2D eigenvalue weighted by Crippen LogP contribution is 2.43. The van der Waals surface area contributed by atoms with Crippen molar-refractivity contribution in [3.63, 3.8) is 0 Å². The Morgan fingerprint density at radius 1 is 1.03 bits per heavy atom. The number of anilines is 1. The van der Waals surface area contributed by atoms with Gasteiger partial charge in [-0.2, -0.15) is 0 Å². The van der Waals surface area contributed by atoms with E-state index in [1.165, 1.54) is 24.1 Å². The molecule has 1 unspecified atom stereocenters. The molecule has 190 valence electrons. The molecule has 6 nitrogen and oxygen atoms in total. The predicted octanol–water partition coefficient (Wildman–Crippen LogP) is 6.91. The van der Waals surface area contributed by atoms with Crippen LogP contribution in [0.4, 0.5) is 10.1 Å². The summed E-state index contributed by atoms with van der Waals surface area (Å²) in [4.78, 5) is 28.8. The number of fused-ring (bicyclic) bond motifs is 2. The molecule has 1 aliphatic rings. The van der Waals surface area contributed by atoms with Gasteiger partial charge in [0.2, 0.25) is 5.76 Å². The molecule has 1 aliphatic heterocycles. The standard InChI is InChI=1S/C29H25ClFNO5/c1-3-4-5-13-36-23-11-9-17(14-24(23)35-2)26-25-27(33)21-16-19(31)10-12-22(21)37-28(25)29(34)32(26)20-8-6-7-18(30)15-20/h6-12,14-16,26H,3-5,13H2,1-2H3. The van der Waals surface area contributed by atoms with Crippen molar-refractivity contribution in [1.29, 1.82) is 0 Å². The van der Waals surface area contributed by atoms with E-state index in [1.807, 2.05) is 0 Å². The quantitative estimate of drug-likeness (QED) is 0.236. The number of methoxy groups -OCH3 is 1. The Labute approximate surface area is 218 Å². The number of amides is 1. The van der Waals surface area contributed by atoms with Crippen molar-refractivity contribution in [3.8, 4) is 11.5 Å². The lowest BCUT2D eigenvalue weighted by molar-refractivity contribution is 0.0971. The van der Waals surface area contributed by atoms with Gasteiger partial charge in [0.05, 0.1) is 30.7 Å². The fourth-order valence-electron chi connectivity index (χ4n) is 4.66. The molecule has 37 heavy (non-hydrogen) atoms.